The van der Waals surface area contributed by atoms with Gasteiger partial charge in [0.1, 0.15) is 40.8 Å². The van der Waals surface area contributed by atoms with Gasteiger partial charge >= 0.3 is 6.09 Å². The van der Waals surface area contributed by atoms with Crippen LogP contribution in [0.25, 0.3) is 11.0 Å². The molecule has 2 saturated carbocycles. The van der Waals surface area contributed by atoms with Gasteiger partial charge in [-0.2, -0.15) is 0 Å². The molecule has 3 N–H and O–H groups in total. The molecule has 0 spiro atoms. The lowest BCUT2D eigenvalue weighted by Crippen LogP contribution is -2.60. The number of nitrogens with zero attached hydrogens (tertiary/aromatic N) is 3. The molecule has 4 amide bonds. The van der Waals surface area contributed by atoms with Gasteiger partial charge in [-0.25, -0.2) is 23.2 Å². The van der Waals surface area contributed by atoms with Crippen molar-refractivity contribution in [3.63, 3.8) is 0 Å². The van der Waals surface area contributed by atoms with Gasteiger partial charge in [0.15, 0.2) is 0 Å². The van der Waals surface area contributed by atoms with Gasteiger partial charge in [0.2, 0.25) is 27.7 Å². The summed E-state index contributed by atoms with van der Waals surface area (Å²) in [5.74, 6) is -1.87. The number of carbonyl (C=O) groups excluding carboxylic acids is 4. The van der Waals surface area contributed by atoms with Crippen LogP contribution in [0.5, 0.6) is 11.6 Å². The maximum atomic E-state index is 15.1. The van der Waals surface area contributed by atoms with Crippen molar-refractivity contribution in [2.45, 2.75) is 146 Å². The molecular formula is C42H62N6O10S. The van der Waals surface area contributed by atoms with Crippen LogP contribution >= 0.6 is 0 Å². The molecule has 2 saturated heterocycles. The maximum absolute atomic E-state index is 15.1. The van der Waals surface area contributed by atoms with Crippen LogP contribution in [0, 0.1) is 17.8 Å². The van der Waals surface area contributed by atoms with Gasteiger partial charge in [-0.05, 0) is 83.8 Å². The van der Waals surface area contributed by atoms with Crippen LogP contribution in [-0.4, -0.2) is 109 Å². The molecular weight excluding hydrogens is 781 g/mol. The normalized spacial score (nSPS) is 28.7. The van der Waals surface area contributed by atoms with E-state index in [9.17, 15) is 22.8 Å². The van der Waals surface area contributed by atoms with Crippen LogP contribution in [0.3, 0.4) is 0 Å². The summed E-state index contributed by atoms with van der Waals surface area (Å²) in [7, 11) is -0.904. The summed E-state index contributed by atoms with van der Waals surface area (Å²) in [6.07, 6.45) is 3.10. The minimum absolute atomic E-state index is 0.0101. The summed E-state index contributed by atoms with van der Waals surface area (Å²) >= 11 is 0. The fourth-order valence-corrected chi connectivity index (χ4v) is 9.74. The molecule has 6 rings (SSSR count). The zero-order chi connectivity index (χ0) is 43.1. The Bertz CT molecular complexity index is 2030. The van der Waals surface area contributed by atoms with E-state index >= 15 is 4.79 Å². The number of benzene rings is 1. The molecule has 0 bridgehead atoms. The Balaban J connectivity index is 1.39. The van der Waals surface area contributed by atoms with Gasteiger partial charge in [0, 0.05) is 31.4 Å². The lowest BCUT2D eigenvalue weighted by Gasteiger charge is -2.34. The first-order valence-corrected chi connectivity index (χ1v) is 22.4. The van der Waals surface area contributed by atoms with Gasteiger partial charge in [-0.1, -0.05) is 40.0 Å². The highest BCUT2D eigenvalue weighted by Gasteiger charge is 2.63. The van der Waals surface area contributed by atoms with Gasteiger partial charge in [0.25, 0.3) is 5.91 Å². The van der Waals surface area contributed by atoms with Crippen molar-refractivity contribution in [2.24, 2.45) is 17.8 Å². The zero-order valence-electron chi connectivity index (χ0n) is 35.9. The van der Waals surface area contributed by atoms with Crippen LogP contribution in [0.2, 0.25) is 0 Å². The molecule has 1 aromatic heterocycles. The fourth-order valence-electron chi connectivity index (χ4n) is 8.43. The first-order chi connectivity index (χ1) is 27.7. The second-order valence-electron chi connectivity index (χ2n) is 18.6. The highest BCUT2D eigenvalue weighted by Crippen LogP contribution is 2.49. The molecule has 16 nitrogen and oxygen atoms in total. The number of fused-ring (bicyclic) bond motifs is 3. The molecule has 17 heteroatoms. The Hall–Kier alpha value is -4.25. The van der Waals surface area contributed by atoms with Crippen molar-refractivity contribution in [1.82, 2.24) is 30.2 Å². The minimum atomic E-state index is -4.00. The smallest absolute Gasteiger partial charge is 0.408 e. The second kappa shape index (κ2) is 17.0. The molecule has 0 unspecified atom stereocenters. The average molecular weight is 843 g/mol. The Morgan fingerprint density at radius 2 is 1.76 bits per heavy atom. The Kier molecular flexibility index (Phi) is 12.8. The van der Waals surface area contributed by atoms with Crippen molar-refractivity contribution < 1.29 is 46.5 Å². The molecule has 3 heterocycles. The number of carbonyl (C=O) groups is 4. The van der Waals surface area contributed by atoms with E-state index in [-0.39, 0.29) is 49.6 Å². The molecule has 2 aliphatic carbocycles. The van der Waals surface area contributed by atoms with E-state index in [1.807, 2.05) is 19.9 Å². The Morgan fingerprint density at radius 3 is 2.41 bits per heavy atom. The van der Waals surface area contributed by atoms with Gasteiger partial charge in [-0.3, -0.25) is 19.1 Å². The van der Waals surface area contributed by atoms with Crippen molar-refractivity contribution in [2.75, 3.05) is 27.4 Å². The van der Waals surface area contributed by atoms with Crippen LogP contribution in [0.15, 0.2) is 18.2 Å². The number of nitrogens with one attached hydrogen (secondary N) is 3. The second-order valence-corrected chi connectivity index (χ2v) is 20.8. The Morgan fingerprint density at radius 1 is 1.05 bits per heavy atom. The van der Waals surface area contributed by atoms with E-state index < -0.39 is 73.8 Å². The first-order valence-electron chi connectivity index (χ1n) is 20.9. The molecule has 4 fully saturated rings. The van der Waals surface area contributed by atoms with Gasteiger partial charge in [-0.15, -0.1) is 0 Å². The summed E-state index contributed by atoms with van der Waals surface area (Å²) in [6.45, 7) is 12.9. The standard InChI is InChI=1S/C42H62N6O10S/c1-24(2)33-36(44-31-19-28(56-9)14-15-30(31)43-33)57-29-20-32-35(49)46-42(38(51)47-59(53,54)41(7)16-17-41)21-27(42)13-11-10-12-25(3)18-26(23-55-8)34(37(50)48(32)22-29)45-39(52)58-40(4,5)6/h14-15,19,24-27,29,32,34H,10-13,16-18,20-23H2,1-9H3,(H,45,52)(H,46,49)(H,47,51)/t25-,26+,27+,29-,32+,34+,42-/m1/s1. The van der Waals surface area contributed by atoms with Gasteiger partial charge in [0.05, 0.1) is 36.0 Å². The van der Waals surface area contributed by atoms with Gasteiger partial charge < -0.3 is 34.5 Å². The Labute approximate surface area is 347 Å². The number of rotatable bonds is 10. The zero-order valence-corrected chi connectivity index (χ0v) is 36.7. The van der Waals surface area contributed by atoms with Crippen LogP contribution in [0.4, 0.5) is 4.79 Å². The first kappa shape index (κ1) is 44.3. The number of amides is 4. The van der Waals surface area contributed by atoms with Crippen molar-refractivity contribution >= 4 is 44.9 Å². The molecule has 2 aliphatic heterocycles. The number of ether oxygens (including phenoxy) is 4. The fraction of sp³-hybridized carbons (Fsp3) is 0.714. The number of hydrogen-bond acceptors (Lipinski definition) is 12. The molecule has 0 radical (unpaired) electrons. The van der Waals surface area contributed by atoms with Crippen molar-refractivity contribution in [3.05, 3.63) is 23.9 Å². The van der Waals surface area contributed by atoms with E-state index in [2.05, 4.69) is 22.3 Å². The quantitative estimate of drug-likeness (QED) is 0.297. The molecule has 7 atom stereocenters. The third-order valence-corrected chi connectivity index (χ3v) is 14.4. The van der Waals surface area contributed by atoms with Crippen LogP contribution < -0.4 is 24.8 Å². The monoisotopic (exact) mass is 842 g/mol. The number of methoxy groups -OCH3 is 2. The lowest BCUT2D eigenvalue weighted by molar-refractivity contribution is -0.142. The predicted octanol–water partition coefficient (Wildman–Crippen LogP) is 4.74. The maximum Gasteiger partial charge on any atom is 0.408 e. The van der Waals surface area contributed by atoms with E-state index in [1.165, 1.54) is 12.0 Å². The van der Waals surface area contributed by atoms with Crippen molar-refractivity contribution in [3.8, 4) is 11.6 Å². The van der Waals surface area contributed by atoms with E-state index in [4.69, 9.17) is 28.9 Å². The summed E-state index contributed by atoms with van der Waals surface area (Å²) in [5, 5.41) is 5.80. The number of sulfonamides is 1. The van der Waals surface area contributed by atoms with Crippen LogP contribution in [-0.2, 0) is 33.9 Å². The van der Waals surface area contributed by atoms with Crippen molar-refractivity contribution in [1.29, 1.82) is 0 Å². The minimum Gasteiger partial charge on any atom is -0.497 e. The largest absolute Gasteiger partial charge is 0.497 e. The number of hydrogen-bond donors (Lipinski definition) is 3. The third kappa shape index (κ3) is 9.87. The lowest BCUT2D eigenvalue weighted by atomic mass is 9.86. The SMILES string of the molecule is COC[C@@H]1C[C@H](C)CCCC[C@H]2C[C@@]2(C(=O)NS(=O)(=O)C2(C)CC2)NC(=O)[C@@H]2C[C@@H](Oc3nc4cc(OC)ccc4nc3C(C)C)CN2C(=O)[C@H]1NC(=O)OC(C)(C)C. The average Bonchev–Trinajstić information content (AvgIpc) is 4.03. The highest BCUT2D eigenvalue weighted by atomic mass is 32.2. The predicted molar refractivity (Wildman–Crippen MR) is 219 cm³/mol. The molecule has 326 valence electrons. The summed E-state index contributed by atoms with van der Waals surface area (Å²) in [4.78, 5) is 68.4. The summed E-state index contributed by atoms with van der Waals surface area (Å²) in [6, 6.07) is 3.04. The van der Waals surface area contributed by atoms with Crippen LogP contribution in [0.1, 0.15) is 118 Å². The highest BCUT2D eigenvalue weighted by molar-refractivity contribution is 7.91. The molecule has 2 aromatic rings. The van der Waals surface area contributed by atoms with E-state index in [0.717, 1.165) is 19.3 Å². The summed E-state index contributed by atoms with van der Waals surface area (Å²) in [5.41, 5.74) is -0.569. The molecule has 59 heavy (non-hydrogen) atoms. The molecule has 4 aliphatic rings. The van der Waals surface area contributed by atoms with E-state index in [0.29, 0.717) is 48.2 Å². The third-order valence-electron chi connectivity index (χ3n) is 12.2. The number of alkyl carbamates (subject to hydrolysis) is 1. The molecule has 1 aromatic carbocycles. The summed E-state index contributed by atoms with van der Waals surface area (Å²) < 4.78 is 51.1. The van der Waals surface area contributed by atoms with E-state index in [1.54, 1.807) is 46.9 Å². The number of aromatic nitrogens is 2. The topological polar surface area (TPSA) is 204 Å².